The highest BCUT2D eigenvalue weighted by Crippen LogP contribution is 2.25. The number of aliphatic hydroxyl groups is 1. The molecule has 96 valence electrons. The number of furan rings is 1. The molecule has 2 heteroatoms. The molecule has 1 aromatic carbocycles. The Morgan fingerprint density at radius 2 is 1.67 bits per heavy atom. The second-order valence-corrected chi connectivity index (χ2v) is 5.09. The van der Waals surface area contributed by atoms with Crippen molar-refractivity contribution in [2.24, 2.45) is 0 Å². The predicted octanol–water partition coefficient (Wildman–Crippen LogP) is 3.79. The molecule has 0 amide bonds. The first kappa shape index (κ1) is 12.9. The fourth-order valence-corrected chi connectivity index (χ4v) is 2.48. The van der Waals surface area contributed by atoms with E-state index in [0.717, 1.165) is 11.3 Å². The Kier molecular flexibility index (Phi) is 3.58. The highest BCUT2D eigenvalue weighted by molar-refractivity contribution is 5.38. The molecule has 1 unspecified atom stereocenters. The van der Waals surface area contributed by atoms with E-state index < -0.39 is 6.10 Å². The molecule has 0 saturated carbocycles. The van der Waals surface area contributed by atoms with Gasteiger partial charge in [-0.2, -0.15) is 0 Å². The van der Waals surface area contributed by atoms with E-state index in [1.54, 1.807) is 6.26 Å². The Balaban J connectivity index is 2.24. The molecular formula is C16H20O2. The van der Waals surface area contributed by atoms with Crippen LogP contribution in [-0.4, -0.2) is 5.11 Å². The zero-order valence-corrected chi connectivity index (χ0v) is 11.4. The number of aliphatic hydroxyl groups excluding tert-OH is 1. The van der Waals surface area contributed by atoms with Gasteiger partial charge in [-0.05, 0) is 50.5 Å². The summed E-state index contributed by atoms with van der Waals surface area (Å²) < 4.78 is 5.24. The third-order valence-electron chi connectivity index (χ3n) is 3.37. The van der Waals surface area contributed by atoms with Crippen LogP contribution < -0.4 is 0 Å². The van der Waals surface area contributed by atoms with Gasteiger partial charge in [0.05, 0.1) is 12.4 Å². The van der Waals surface area contributed by atoms with Gasteiger partial charge in [-0.3, -0.25) is 0 Å². The van der Waals surface area contributed by atoms with E-state index in [-0.39, 0.29) is 0 Å². The van der Waals surface area contributed by atoms with Crippen LogP contribution in [0.25, 0.3) is 0 Å². The van der Waals surface area contributed by atoms with Crippen molar-refractivity contribution in [2.45, 2.75) is 40.2 Å². The average Bonchev–Trinajstić information content (AvgIpc) is 2.70. The summed E-state index contributed by atoms with van der Waals surface area (Å²) in [7, 11) is 0. The first-order chi connectivity index (χ1) is 8.47. The number of aryl methyl sites for hydroxylation is 4. The van der Waals surface area contributed by atoms with E-state index in [4.69, 9.17) is 4.42 Å². The molecule has 18 heavy (non-hydrogen) atoms. The minimum atomic E-state index is -0.498. The maximum Gasteiger partial charge on any atom is 0.101 e. The second-order valence-electron chi connectivity index (χ2n) is 5.09. The van der Waals surface area contributed by atoms with Gasteiger partial charge in [-0.25, -0.2) is 0 Å². The third-order valence-corrected chi connectivity index (χ3v) is 3.37. The lowest BCUT2D eigenvalue weighted by atomic mass is 9.94. The minimum absolute atomic E-state index is 0.498. The van der Waals surface area contributed by atoms with Crippen LogP contribution >= 0.6 is 0 Å². The Morgan fingerprint density at radius 1 is 1.06 bits per heavy atom. The van der Waals surface area contributed by atoms with Gasteiger partial charge in [0.25, 0.3) is 0 Å². The summed E-state index contributed by atoms with van der Waals surface area (Å²) in [5, 5.41) is 10.2. The van der Waals surface area contributed by atoms with Crippen molar-refractivity contribution >= 4 is 0 Å². The van der Waals surface area contributed by atoms with Crippen molar-refractivity contribution < 1.29 is 9.52 Å². The first-order valence-corrected chi connectivity index (χ1v) is 6.27. The van der Waals surface area contributed by atoms with Crippen molar-refractivity contribution in [1.29, 1.82) is 0 Å². The Morgan fingerprint density at radius 3 is 2.17 bits per heavy atom. The number of hydrogen-bond acceptors (Lipinski definition) is 2. The maximum absolute atomic E-state index is 10.2. The zero-order valence-electron chi connectivity index (χ0n) is 11.4. The highest BCUT2D eigenvalue weighted by Gasteiger charge is 2.14. The van der Waals surface area contributed by atoms with Gasteiger partial charge in [-0.15, -0.1) is 0 Å². The molecular weight excluding hydrogens is 224 g/mol. The molecule has 1 N–H and O–H groups in total. The van der Waals surface area contributed by atoms with Gasteiger partial charge >= 0.3 is 0 Å². The molecule has 0 bridgehead atoms. The van der Waals surface area contributed by atoms with Crippen molar-refractivity contribution in [3.05, 3.63) is 58.0 Å². The zero-order chi connectivity index (χ0) is 13.3. The normalized spacial score (nSPS) is 12.7. The number of benzene rings is 1. The largest absolute Gasteiger partial charge is 0.469 e. The summed E-state index contributed by atoms with van der Waals surface area (Å²) in [6.07, 6.45) is 1.78. The van der Waals surface area contributed by atoms with E-state index >= 15 is 0 Å². The topological polar surface area (TPSA) is 33.4 Å². The van der Waals surface area contributed by atoms with E-state index in [2.05, 4.69) is 32.9 Å². The van der Waals surface area contributed by atoms with Crippen molar-refractivity contribution in [2.75, 3.05) is 0 Å². The molecule has 2 aromatic rings. The molecule has 2 nitrogen and oxygen atoms in total. The summed E-state index contributed by atoms with van der Waals surface area (Å²) >= 11 is 0. The van der Waals surface area contributed by atoms with Crippen LogP contribution in [0.3, 0.4) is 0 Å². The van der Waals surface area contributed by atoms with Gasteiger partial charge < -0.3 is 9.52 Å². The van der Waals surface area contributed by atoms with Crippen molar-refractivity contribution in [3.8, 4) is 0 Å². The lowest BCUT2D eigenvalue weighted by Crippen LogP contribution is -2.04. The Hall–Kier alpha value is -1.54. The average molecular weight is 244 g/mol. The lowest BCUT2D eigenvalue weighted by molar-refractivity contribution is 0.177. The van der Waals surface area contributed by atoms with Gasteiger partial charge in [0.2, 0.25) is 0 Å². The van der Waals surface area contributed by atoms with Crippen LogP contribution in [0.4, 0.5) is 0 Å². The molecule has 0 radical (unpaired) electrons. The molecule has 0 aliphatic carbocycles. The molecule has 0 spiro atoms. The number of hydrogen-bond donors (Lipinski definition) is 1. The molecule has 1 aromatic heterocycles. The van der Waals surface area contributed by atoms with Crippen LogP contribution in [0.1, 0.15) is 39.7 Å². The van der Waals surface area contributed by atoms with Crippen LogP contribution in [0, 0.1) is 27.7 Å². The predicted molar refractivity (Wildman–Crippen MR) is 72.8 cm³/mol. The van der Waals surface area contributed by atoms with E-state index in [9.17, 15) is 5.11 Å². The van der Waals surface area contributed by atoms with Crippen LogP contribution in [0.15, 0.2) is 28.9 Å². The summed E-state index contributed by atoms with van der Waals surface area (Å²) in [5.41, 5.74) is 5.83. The quantitative estimate of drug-likeness (QED) is 0.891. The minimum Gasteiger partial charge on any atom is -0.469 e. The molecule has 2 rings (SSSR count). The molecule has 0 fully saturated rings. The van der Waals surface area contributed by atoms with E-state index in [0.29, 0.717) is 6.42 Å². The molecule has 1 atom stereocenters. The van der Waals surface area contributed by atoms with E-state index in [1.165, 1.54) is 22.3 Å². The van der Waals surface area contributed by atoms with Crippen LogP contribution in [-0.2, 0) is 6.42 Å². The Bertz CT molecular complexity index is 529. The Labute approximate surface area is 108 Å². The summed E-state index contributed by atoms with van der Waals surface area (Å²) in [6.45, 7) is 8.18. The smallest absolute Gasteiger partial charge is 0.101 e. The lowest BCUT2D eigenvalue weighted by Gasteiger charge is -2.14. The summed E-state index contributed by atoms with van der Waals surface area (Å²) in [5.74, 6) is 0.835. The molecule has 1 heterocycles. The molecule has 0 aliphatic rings. The standard InChI is InChI=1S/C16H20O2/c1-10-5-11(2)15(12(3)6-10)8-16(17)14-7-13(4)18-9-14/h5-7,9,16-17H,8H2,1-4H3. The van der Waals surface area contributed by atoms with Gasteiger partial charge in [0.15, 0.2) is 0 Å². The van der Waals surface area contributed by atoms with Gasteiger partial charge in [0, 0.05) is 12.0 Å². The number of rotatable bonds is 3. The SMILES string of the molecule is Cc1cc(C)c(CC(O)c2coc(C)c2)c(C)c1. The third kappa shape index (κ3) is 2.65. The van der Waals surface area contributed by atoms with Crippen molar-refractivity contribution in [1.82, 2.24) is 0 Å². The van der Waals surface area contributed by atoms with Gasteiger partial charge in [-0.1, -0.05) is 17.7 Å². The first-order valence-electron chi connectivity index (χ1n) is 6.27. The van der Waals surface area contributed by atoms with Crippen LogP contribution in [0.2, 0.25) is 0 Å². The monoisotopic (exact) mass is 244 g/mol. The van der Waals surface area contributed by atoms with E-state index in [1.807, 2.05) is 13.0 Å². The fraction of sp³-hybridized carbons (Fsp3) is 0.375. The summed E-state index contributed by atoms with van der Waals surface area (Å²) in [4.78, 5) is 0. The summed E-state index contributed by atoms with van der Waals surface area (Å²) in [6, 6.07) is 6.22. The maximum atomic E-state index is 10.2. The highest BCUT2D eigenvalue weighted by atomic mass is 16.3. The molecule has 0 saturated heterocycles. The van der Waals surface area contributed by atoms with Crippen LogP contribution in [0.5, 0.6) is 0 Å². The molecule has 0 aliphatic heterocycles. The second kappa shape index (κ2) is 4.99. The van der Waals surface area contributed by atoms with Crippen molar-refractivity contribution in [3.63, 3.8) is 0 Å². The fourth-order valence-electron chi connectivity index (χ4n) is 2.48. The van der Waals surface area contributed by atoms with Gasteiger partial charge in [0.1, 0.15) is 5.76 Å².